The Balaban J connectivity index is 2.23. The molecule has 1 atom stereocenters. The van der Waals surface area contributed by atoms with Crippen molar-refractivity contribution in [3.05, 3.63) is 41.5 Å². The Hall–Kier alpha value is -2.89. The van der Waals surface area contributed by atoms with Crippen molar-refractivity contribution in [1.82, 2.24) is 0 Å². The molecule has 1 aliphatic rings. The van der Waals surface area contributed by atoms with Gasteiger partial charge in [-0.3, -0.25) is 4.79 Å². The van der Waals surface area contributed by atoms with E-state index in [9.17, 15) is 4.79 Å². The van der Waals surface area contributed by atoms with Gasteiger partial charge in [-0.05, 0) is 19.9 Å². The fraction of sp³-hybridized carbons (Fsp3) is 0.381. The molecule has 0 aromatic heterocycles. The number of carbonyl (C=O) groups is 1. The molecule has 6 nitrogen and oxygen atoms in total. The SMILES string of the molecule is COc1cc2c(c(OC)c1OC)[C@H](c1ccccc1OC(C)C)CC(=O)N2. The predicted octanol–water partition coefficient (Wildman–Crippen LogP) is 3.97. The van der Waals surface area contributed by atoms with Crippen molar-refractivity contribution in [2.24, 2.45) is 0 Å². The van der Waals surface area contributed by atoms with Crippen molar-refractivity contribution in [3.63, 3.8) is 0 Å². The molecule has 0 unspecified atom stereocenters. The van der Waals surface area contributed by atoms with Crippen LogP contribution in [0.5, 0.6) is 23.0 Å². The van der Waals surface area contributed by atoms with E-state index in [1.165, 1.54) is 0 Å². The first-order valence-corrected chi connectivity index (χ1v) is 8.88. The topological polar surface area (TPSA) is 66.0 Å². The van der Waals surface area contributed by atoms with Gasteiger partial charge in [-0.15, -0.1) is 0 Å². The second-order valence-electron chi connectivity index (χ2n) is 6.62. The van der Waals surface area contributed by atoms with Crippen molar-refractivity contribution in [1.29, 1.82) is 0 Å². The predicted molar refractivity (Wildman–Crippen MR) is 103 cm³/mol. The molecule has 1 heterocycles. The summed E-state index contributed by atoms with van der Waals surface area (Å²) in [6, 6.07) is 9.56. The Kier molecular flexibility index (Phi) is 5.44. The average Bonchev–Trinajstić information content (AvgIpc) is 2.65. The van der Waals surface area contributed by atoms with E-state index in [4.69, 9.17) is 18.9 Å². The zero-order valence-corrected chi connectivity index (χ0v) is 16.3. The van der Waals surface area contributed by atoms with Crippen molar-refractivity contribution in [2.75, 3.05) is 26.6 Å². The zero-order valence-electron chi connectivity index (χ0n) is 16.3. The quantitative estimate of drug-likeness (QED) is 0.832. The Labute approximate surface area is 159 Å². The fourth-order valence-corrected chi connectivity index (χ4v) is 3.51. The molecule has 6 heteroatoms. The first-order valence-electron chi connectivity index (χ1n) is 8.88. The Morgan fingerprint density at radius 1 is 1.00 bits per heavy atom. The second kappa shape index (κ2) is 7.78. The van der Waals surface area contributed by atoms with Gasteiger partial charge in [-0.2, -0.15) is 0 Å². The van der Waals surface area contributed by atoms with Gasteiger partial charge in [-0.25, -0.2) is 0 Å². The van der Waals surface area contributed by atoms with Gasteiger partial charge in [0.2, 0.25) is 11.7 Å². The van der Waals surface area contributed by atoms with Crippen molar-refractivity contribution >= 4 is 11.6 Å². The van der Waals surface area contributed by atoms with Gasteiger partial charge in [-0.1, -0.05) is 18.2 Å². The molecule has 0 spiro atoms. The van der Waals surface area contributed by atoms with Crippen LogP contribution in [-0.2, 0) is 4.79 Å². The van der Waals surface area contributed by atoms with E-state index in [2.05, 4.69) is 5.32 Å². The summed E-state index contributed by atoms with van der Waals surface area (Å²) in [6.45, 7) is 3.96. The lowest BCUT2D eigenvalue weighted by atomic mass is 9.83. The van der Waals surface area contributed by atoms with Crippen LogP contribution in [0, 0.1) is 0 Å². The molecule has 0 saturated heterocycles. The first-order chi connectivity index (χ1) is 13.0. The number of hydrogen-bond donors (Lipinski definition) is 1. The molecule has 1 aliphatic heterocycles. The van der Waals surface area contributed by atoms with Gasteiger partial charge < -0.3 is 24.3 Å². The lowest BCUT2D eigenvalue weighted by Crippen LogP contribution is -2.25. The molecule has 1 amide bonds. The molecule has 2 aromatic rings. The van der Waals surface area contributed by atoms with Crippen LogP contribution in [0.2, 0.25) is 0 Å². The maximum absolute atomic E-state index is 12.4. The third kappa shape index (κ3) is 3.52. The number of hydrogen-bond acceptors (Lipinski definition) is 5. The lowest BCUT2D eigenvalue weighted by molar-refractivity contribution is -0.116. The van der Waals surface area contributed by atoms with Crippen molar-refractivity contribution < 1.29 is 23.7 Å². The monoisotopic (exact) mass is 371 g/mol. The van der Waals surface area contributed by atoms with Gasteiger partial charge in [0.15, 0.2) is 11.5 Å². The molecule has 0 radical (unpaired) electrons. The van der Waals surface area contributed by atoms with E-state index >= 15 is 0 Å². The highest BCUT2D eigenvalue weighted by Crippen LogP contribution is 2.52. The molecule has 0 fully saturated rings. The summed E-state index contributed by atoms with van der Waals surface area (Å²) in [5.74, 6) is 2.02. The molecule has 3 rings (SSSR count). The molecule has 144 valence electrons. The number of nitrogens with one attached hydrogen (secondary N) is 1. The highest BCUT2D eigenvalue weighted by molar-refractivity contribution is 5.97. The molecular weight excluding hydrogens is 346 g/mol. The summed E-state index contributed by atoms with van der Waals surface area (Å²) in [4.78, 5) is 12.4. The normalized spacial score (nSPS) is 15.8. The summed E-state index contributed by atoms with van der Waals surface area (Å²) in [5, 5.41) is 2.93. The minimum absolute atomic E-state index is 0.0235. The number of benzene rings is 2. The molecular formula is C21H25NO5. The van der Waals surface area contributed by atoms with Gasteiger partial charge >= 0.3 is 0 Å². The lowest BCUT2D eigenvalue weighted by Gasteiger charge is -2.30. The van der Waals surface area contributed by atoms with E-state index in [0.717, 1.165) is 16.9 Å². The summed E-state index contributed by atoms with van der Waals surface area (Å²) < 4.78 is 22.6. The average molecular weight is 371 g/mol. The number of carbonyl (C=O) groups excluding carboxylic acids is 1. The third-order valence-electron chi connectivity index (χ3n) is 4.54. The summed E-state index contributed by atoms with van der Waals surface area (Å²) >= 11 is 0. The van der Waals surface area contributed by atoms with Gasteiger partial charge in [0.25, 0.3) is 0 Å². The zero-order chi connectivity index (χ0) is 19.6. The number of ether oxygens (including phenoxy) is 4. The Bertz CT molecular complexity index is 847. The molecule has 0 saturated carbocycles. The van der Waals surface area contributed by atoms with Gasteiger partial charge in [0.1, 0.15) is 5.75 Å². The summed E-state index contributed by atoms with van der Waals surface area (Å²) in [5.41, 5.74) is 2.45. The highest BCUT2D eigenvalue weighted by atomic mass is 16.5. The van der Waals surface area contributed by atoms with E-state index in [1.807, 2.05) is 38.1 Å². The van der Waals surface area contributed by atoms with Crippen LogP contribution in [0.1, 0.15) is 37.3 Å². The maximum atomic E-state index is 12.4. The number of para-hydroxylation sites is 1. The highest BCUT2D eigenvalue weighted by Gasteiger charge is 2.34. The third-order valence-corrected chi connectivity index (χ3v) is 4.54. The largest absolute Gasteiger partial charge is 0.493 e. The van der Waals surface area contributed by atoms with Gasteiger partial charge in [0.05, 0.1) is 33.1 Å². The van der Waals surface area contributed by atoms with Crippen LogP contribution in [0.15, 0.2) is 30.3 Å². The maximum Gasteiger partial charge on any atom is 0.225 e. The van der Waals surface area contributed by atoms with Crippen LogP contribution in [0.25, 0.3) is 0 Å². The minimum atomic E-state index is -0.224. The minimum Gasteiger partial charge on any atom is -0.493 e. The molecule has 1 N–H and O–H groups in total. The first kappa shape index (κ1) is 18.9. The molecule has 2 aromatic carbocycles. The molecule has 27 heavy (non-hydrogen) atoms. The number of amides is 1. The van der Waals surface area contributed by atoms with E-state index in [-0.39, 0.29) is 24.3 Å². The number of methoxy groups -OCH3 is 3. The Morgan fingerprint density at radius 2 is 1.70 bits per heavy atom. The standard InChI is InChI=1S/C21H25NO5/c1-12(2)27-16-9-7-6-8-13(16)14-10-18(23)22-15-11-17(24-3)20(25-4)21(26-5)19(14)15/h6-9,11-12,14H,10H2,1-5H3,(H,22,23)/t14-/m0/s1. The van der Waals surface area contributed by atoms with Crippen LogP contribution in [0.4, 0.5) is 5.69 Å². The van der Waals surface area contributed by atoms with Crippen LogP contribution < -0.4 is 24.3 Å². The second-order valence-corrected chi connectivity index (χ2v) is 6.62. The fourth-order valence-electron chi connectivity index (χ4n) is 3.51. The van der Waals surface area contributed by atoms with E-state index in [1.54, 1.807) is 27.4 Å². The van der Waals surface area contributed by atoms with Crippen LogP contribution in [0.3, 0.4) is 0 Å². The number of anilines is 1. The molecule has 0 aliphatic carbocycles. The van der Waals surface area contributed by atoms with Crippen molar-refractivity contribution in [3.8, 4) is 23.0 Å². The molecule has 0 bridgehead atoms. The summed E-state index contributed by atoms with van der Waals surface area (Å²) in [6.07, 6.45) is 0.312. The summed E-state index contributed by atoms with van der Waals surface area (Å²) in [7, 11) is 4.71. The van der Waals surface area contributed by atoms with E-state index in [0.29, 0.717) is 22.9 Å². The number of rotatable bonds is 6. The van der Waals surface area contributed by atoms with Crippen LogP contribution >= 0.6 is 0 Å². The van der Waals surface area contributed by atoms with Gasteiger partial charge in [0, 0.05) is 29.5 Å². The Morgan fingerprint density at radius 3 is 2.33 bits per heavy atom. The van der Waals surface area contributed by atoms with Crippen LogP contribution in [-0.4, -0.2) is 33.3 Å². The number of fused-ring (bicyclic) bond motifs is 1. The smallest absolute Gasteiger partial charge is 0.225 e. The van der Waals surface area contributed by atoms with E-state index < -0.39 is 0 Å². The van der Waals surface area contributed by atoms with Crippen molar-refractivity contribution in [2.45, 2.75) is 32.3 Å².